The van der Waals surface area contributed by atoms with Gasteiger partial charge in [0.1, 0.15) is 5.82 Å². The number of aromatic amines is 1. The fraction of sp³-hybridized carbons (Fsp3) is 0.231. The van der Waals surface area contributed by atoms with Gasteiger partial charge in [-0.15, -0.1) is 0 Å². The first-order valence-corrected chi connectivity index (χ1v) is 10.8. The van der Waals surface area contributed by atoms with Gasteiger partial charge in [0.15, 0.2) is 0 Å². The molecule has 0 aliphatic carbocycles. The second-order valence-electron chi connectivity index (χ2n) is 8.27. The molecule has 3 aromatic carbocycles. The first kappa shape index (κ1) is 19.4. The number of imidazole rings is 1. The highest BCUT2D eigenvalue weighted by molar-refractivity contribution is 5.94. The van der Waals surface area contributed by atoms with Crippen LogP contribution in [-0.2, 0) is 0 Å². The van der Waals surface area contributed by atoms with Gasteiger partial charge in [-0.25, -0.2) is 9.78 Å². The summed E-state index contributed by atoms with van der Waals surface area (Å²) in [6, 6.07) is 24.3. The molecule has 31 heavy (non-hydrogen) atoms. The average Bonchev–Trinajstić information content (AvgIpc) is 3.23. The lowest BCUT2D eigenvalue weighted by molar-refractivity contribution is 0.191. The Labute approximate surface area is 182 Å². The third kappa shape index (κ3) is 4.04. The van der Waals surface area contributed by atoms with Crippen molar-refractivity contribution in [3.8, 4) is 11.1 Å². The molecular formula is C26H26N4O. The van der Waals surface area contributed by atoms with E-state index in [0.717, 1.165) is 53.1 Å². The van der Waals surface area contributed by atoms with Crippen LogP contribution in [0.3, 0.4) is 0 Å². The molecular weight excluding hydrogens is 384 g/mol. The van der Waals surface area contributed by atoms with Crippen molar-refractivity contribution in [1.29, 1.82) is 0 Å². The number of piperidine rings is 1. The number of nitrogens with zero attached hydrogens (tertiary/aromatic N) is 2. The number of carbonyl (C=O) groups is 1. The summed E-state index contributed by atoms with van der Waals surface area (Å²) in [5.41, 5.74) is 6.21. The average molecular weight is 411 g/mol. The van der Waals surface area contributed by atoms with Crippen LogP contribution >= 0.6 is 0 Å². The number of amides is 2. The minimum Gasteiger partial charge on any atom is -0.342 e. The van der Waals surface area contributed by atoms with Gasteiger partial charge in [-0.05, 0) is 49.1 Å². The van der Waals surface area contributed by atoms with E-state index in [1.54, 1.807) is 0 Å². The smallest absolute Gasteiger partial charge is 0.321 e. The number of benzene rings is 3. The molecule has 1 aliphatic heterocycles. The normalized spacial score (nSPS) is 16.4. The summed E-state index contributed by atoms with van der Waals surface area (Å²) < 4.78 is 0. The molecule has 5 nitrogen and oxygen atoms in total. The molecule has 4 aromatic rings. The summed E-state index contributed by atoms with van der Waals surface area (Å²) in [7, 11) is 0. The fourth-order valence-electron chi connectivity index (χ4n) is 4.38. The van der Waals surface area contributed by atoms with Crippen molar-refractivity contribution in [1.82, 2.24) is 14.9 Å². The molecule has 0 saturated carbocycles. The maximum absolute atomic E-state index is 13.1. The van der Waals surface area contributed by atoms with Gasteiger partial charge in [-0.2, -0.15) is 0 Å². The lowest BCUT2D eigenvalue weighted by Gasteiger charge is -2.32. The Morgan fingerprint density at radius 2 is 1.87 bits per heavy atom. The van der Waals surface area contributed by atoms with Crippen LogP contribution in [0.2, 0.25) is 0 Å². The maximum Gasteiger partial charge on any atom is 0.321 e. The molecule has 1 aliphatic rings. The summed E-state index contributed by atoms with van der Waals surface area (Å²) in [5.74, 6) is 1.19. The van der Waals surface area contributed by atoms with Gasteiger partial charge < -0.3 is 15.2 Å². The Bertz CT molecular complexity index is 1210. The summed E-state index contributed by atoms with van der Waals surface area (Å²) in [6.07, 6.45) is 2.00. The van der Waals surface area contributed by atoms with E-state index in [1.807, 2.05) is 47.4 Å². The Morgan fingerprint density at radius 1 is 1.06 bits per heavy atom. The van der Waals surface area contributed by atoms with Crippen molar-refractivity contribution >= 4 is 22.8 Å². The molecule has 2 heterocycles. The number of carbonyl (C=O) groups excluding carboxylic acids is 1. The van der Waals surface area contributed by atoms with Crippen LogP contribution in [0, 0.1) is 6.92 Å². The van der Waals surface area contributed by atoms with Gasteiger partial charge in [0.25, 0.3) is 0 Å². The predicted molar refractivity (Wildman–Crippen MR) is 125 cm³/mol. The van der Waals surface area contributed by atoms with Crippen LogP contribution < -0.4 is 5.32 Å². The zero-order valence-electron chi connectivity index (χ0n) is 17.6. The van der Waals surface area contributed by atoms with Crippen molar-refractivity contribution in [3.63, 3.8) is 0 Å². The highest BCUT2D eigenvalue weighted by atomic mass is 16.2. The van der Waals surface area contributed by atoms with Crippen LogP contribution in [-0.4, -0.2) is 34.0 Å². The third-order valence-corrected chi connectivity index (χ3v) is 6.00. The largest absolute Gasteiger partial charge is 0.342 e. The maximum atomic E-state index is 13.1. The monoisotopic (exact) mass is 410 g/mol. The second-order valence-corrected chi connectivity index (χ2v) is 8.27. The molecule has 1 aromatic heterocycles. The second kappa shape index (κ2) is 8.26. The van der Waals surface area contributed by atoms with Crippen molar-refractivity contribution in [2.45, 2.75) is 25.7 Å². The van der Waals surface area contributed by atoms with E-state index in [2.05, 4.69) is 47.6 Å². The van der Waals surface area contributed by atoms with E-state index in [9.17, 15) is 4.79 Å². The number of hydrogen-bond acceptors (Lipinski definition) is 2. The Balaban J connectivity index is 1.33. The molecule has 2 N–H and O–H groups in total. The summed E-state index contributed by atoms with van der Waals surface area (Å²) in [6.45, 7) is 3.51. The zero-order chi connectivity index (χ0) is 21.2. The number of fused-ring (bicyclic) bond motifs is 1. The van der Waals surface area contributed by atoms with Crippen molar-refractivity contribution in [2.24, 2.45) is 0 Å². The molecule has 1 fully saturated rings. The SMILES string of the molecule is Cc1ccc2nc([C@@H]3CCCN(C(=O)Nc4ccccc4-c4ccccc4)C3)[nH]c2c1. The number of anilines is 1. The standard InChI is InChI=1S/C26H26N4O/c1-18-13-14-23-24(16-18)28-25(27-23)20-10-7-15-30(17-20)26(31)29-22-12-6-5-11-21(22)19-8-3-2-4-9-19/h2-6,8-9,11-14,16,20H,7,10,15,17H2,1H3,(H,27,28)(H,29,31)/t20-/m1/s1. The minimum absolute atomic E-state index is 0.0555. The first-order chi connectivity index (χ1) is 15.2. The van der Waals surface area contributed by atoms with E-state index in [4.69, 9.17) is 4.98 Å². The topological polar surface area (TPSA) is 61.0 Å². The van der Waals surface area contributed by atoms with Crippen molar-refractivity contribution in [2.75, 3.05) is 18.4 Å². The lowest BCUT2D eigenvalue weighted by atomic mass is 9.97. The van der Waals surface area contributed by atoms with E-state index in [0.29, 0.717) is 6.54 Å². The summed E-state index contributed by atoms with van der Waals surface area (Å²) in [4.78, 5) is 23.3. The molecule has 2 amide bonds. The van der Waals surface area contributed by atoms with E-state index >= 15 is 0 Å². The molecule has 156 valence electrons. The van der Waals surface area contributed by atoms with Gasteiger partial charge in [-0.3, -0.25) is 0 Å². The van der Waals surface area contributed by atoms with Gasteiger partial charge in [0.2, 0.25) is 0 Å². The van der Waals surface area contributed by atoms with Gasteiger partial charge in [0.05, 0.1) is 16.7 Å². The number of hydrogen-bond donors (Lipinski definition) is 2. The number of aromatic nitrogens is 2. The Kier molecular flexibility index (Phi) is 5.16. The van der Waals surface area contributed by atoms with Crippen molar-refractivity contribution < 1.29 is 4.79 Å². The summed E-state index contributed by atoms with van der Waals surface area (Å²) in [5, 5.41) is 3.14. The van der Waals surface area contributed by atoms with Gasteiger partial charge in [-0.1, -0.05) is 54.6 Å². The van der Waals surface area contributed by atoms with Crippen molar-refractivity contribution in [3.05, 3.63) is 84.2 Å². The number of nitrogens with one attached hydrogen (secondary N) is 2. The van der Waals surface area contributed by atoms with Gasteiger partial charge in [0, 0.05) is 24.6 Å². The molecule has 5 heteroatoms. The minimum atomic E-state index is -0.0555. The van der Waals surface area contributed by atoms with Crippen LogP contribution in [0.15, 0.2) is 72.8 Å². The first-order valence-electron chi connectivity index (χ1n) is 10.8. The van der Waals surface area contributed by atoms with Crippen LogP contribution in [0.1, 0.15) is 30.1 Å². The number of urea groups is 1. The number of para-hydroxylation sites is 1. The molecule has 0 radical (unpaired) electrons. The highest BCUT2D eigenvalue weighted by Crippen LogP contribution is 2.30. The number of H-pyrrole nitrogens is 1. The molecule has 1 saturated heterocycles. The van der Waals surface area contributed by atoms with Crippen LogP contribution in [0.25, 0.3) is 22.2 Å². The predicted octanol–water partition coefficient (Wildman–Crippen LogP) is 5.95. The van der Waals surface area contributed by atoms with Gasteiger partial charge >= 0.3 is 6.03 Å². The van der Waals surface area contributed by atoms with E-state index in [-0.39, 0.29) is 11.9 Å². The molecule has 1 atom stereocenters. The molecule has 0 unspecified atom stereocenters. The highest BCUT2D eigenvalue weighted by Gasteiger charge is 2.27. The van der Waals surface area contributed by atoms with Crippen LogP contribution in [0.4, 0.5) is 10.5 Å². The number of rotatable bonds is 3. The lowest BCUT2D eigenvalue weighted by Crippen LogP contribution is -2.41. The zero-order valence-corrected chi connectivity index (χ0v) is 17.6. The summed E-state index contributed by atoms with van der Waals surface area (Å²) >= 11 is 0. The van der Waals surface area contributed by atoms with E-state index < -0.39 is 0 Å². The quantitative estimate of drug-likeness (QED) is 0.438. The Morgan fingerprint density at radius 3 is 2.74 bits per heavy atom. The van der Waals surface area contributed by atoms with Crippen LogP contribution in [0.5, 0.6) is 0 Å². The number of likely N-dealkylation sites (tertiary alicyclic amines) is 1. The third-order valence-electron chi connectivity index (χ3n) is 6.00. The number of aryl methyl sites for hydroxylation is 1. The van der Waals surface area contributed by atoms with E-state index in [1.165, 1.54) is 5.56 Å². The molecule has 5 rings (SSSR count). The molecule has 0 spiro atoms. The molecule has 0 bridgehead atoms. The fourth-order valence-corrected chi connectivity index (χ4v) is 4.38. The Hall–Kier alpha value is -3.60.